The van der Waals surface area contributed by atoms with Crippen LogP contribution in [0.5, 0.6) is 5.88 Å². The normalized spacial score (nSPS) is 15.9. The third-order valence-electron chi connectivity index (χ3n) is 4.92. The fourth-order valence-electron chi connectivity index (χ4n) is 3.37. The number of rotatable bonds is 6. The molecule has 0 fully saturated rings. The molecule has 0 radical (unpaired) electrons. The van der Waals surface area contributed by atoms with Crippen molar-refractivity contribution in [3.63, 3.8) is 0 Å². The number of unbranched alkanes of at least 4 members (excludes halogenated alkanes) is 1. The molecule has 2 heterocycles. The summed E-state index contributed by atoms with van der Waals surface area (Å²) in [5.74, 6) is -0.646. The number of hydrogen-bond acceptors (Lipinski definition) is 7. The van der Waals surface area contributed by atoms with E-state index >= 15 is 0 Å². The summed E-state index contributed by atoms with van der Waals surface area (Å²) >= 11 is 5.16. The van der Waals surface area contributed by atoms with Crippen LogP contribution in [0.1, 0.15) is 50.3 Å². The molecule has 1 atom stereocenters. The Morgan fingerprint density at radius 1 is 1.40 bits per heavy atom. The van der Waals surface area contributed by atoms with Crippen molar-refractivity contribution in [2.24, 2.45) is 5.10 Å². The number of nitrogens with one attached hydrogen (secondary N) is 1. The number of hydrazone groups is 1. The van der Waals surface area contributed by atoms with Crippen LogP contribution in [0.2, 0.25) is 0 Å². The Bertz CT molecular complexity index is 1140. The summed E-state index contributed by atoms with van der Waals surface area (Å²) in [4.78, 5) is 37.7. The highest BCUT2D eigenvalue weighted by Crippen LogP contribution is 2.34. The van der Waals surface area contributed by atoms with Crippen LogP contribution in [0, 0.1) is 14.9 Å². The number of aromatic hydroxyl groups is 1. The molecule has 0 aliphatic carbocycles. The Morgan fingerprint density at radius 3 is 2.63 bits per heavy atom. The van der Waals surface area contributed by atoms with Crippen molar-refractivity contribution in [3.05, 3.63) is 60.6 Å². The predicted molar refractivity (Wildman–Crippen MR) is 112 cm³/mol. The fraction of sp³-hybridized carbons (Fsp3) is 0.368. The summed E-state index contributed by atoms with van der Waals surface area (Å²) in [6, 6.07) is 5.25. The van der Waals surface area contributed by atoms with Crippen LogP contribution in [-0.2, 0) is 11.3 Å². The Labute approximate surface area is 176 Å². The summed E-state index contributed by atoms with van der Waals surface area (Å²) in [6.07, 6.45) is 1.79. The molecule has 1 aromatic carbocycles. The minimum absolute atomic E-state index is 0.0321. The van der Waals surface area contributed by atoms with Gasteiger partial charge in [-0.15, -0.1) is 0 Å². The molecule has 11 heteroatoms. The molecule has 30 heavy (non-hydrogen) atoms. The van der Waals surface area contributed by atoms with Gasteiger partial charge in [0.1, 0.15) is 5.56 Å². The van der Waals surface area contributed by atoms with E-state index < -0.39 is 16.5 Å². The SMILES string of the molecule is CCCCn1c(O)c(C2=NN(C(C)=O)C(c3ccc([N+](=O)[O-])cc3)C2)c(=O)[nH]c1=S. The average Bonchev–Trinajstić information content (AvgIpc) is 3.13. The third-order valence-corrected chi connectivity index (χ3v) is 5.24. The summed E-state index contributed by atoms with van der Waals surface area (Å²) in [5, 5.41) is 27.1. The molecule has 0 spiro atoms. The van der Waals surface area contributed by atoms with Crippen LogP contribution in [0.4, 0.5) is 5.69 Å². The van der Waals surface area contributed by atoms with Gasteiger partial charge in [-0.25, -0.2) is 5.01 Å². The van der Waals surface area contributed by atoms with E-state index in [9.17, 15) is 24.8 Å². The third kappa shape index (κ3) is 4.01. The van der Waals surface area contributed by atoms with Gasteiger partial charge in [0.25, 0.3) is 11.2 Å². The zero-order valence-corrected chi connectivity index (χ0v) is 17.3. The number of nitro benzene ring substituents is 1. The molecule has 1 amide bonds. The van der Waals surface area contributed by atoms with Gasteiger partial charge in [0.2, 0.25) is 11.8 Å². The molecule has 1 unspecified atom stereocenters. The molecule has 0 saturated heterocycles. The van der Waals surface area contributed by atoms with Crippen molar-refractivity contribution >= 4 is 29.5 Å². The molecular formula is C19H21N5O5S. The minimum atomic E-state index is -0.586. The lowest BCUT2D eigenvalue weighted by molar-refractivity contribution is -0.384. The molecule has 0 saturated carbocycles. The molecule has 1 aliphatic heterocycles. The van der Waals surface area contributed by atoms with Gasteiger partial charge in [0.15, 0.2) is 4.77 Å². The summed E-state index contributed by atoms with van der Waals surface area (Å²) < 4.78 is 1.55. The van der Waals surface area contributed by atoms with Crippen molar-refractivity contribution in [2.45, 2.75) is 45.7 Å². The van der Waals surface area contributed by atoms with Gasteiger partial charge in [-0.1, -0.05) is 25.5 Å². The lowest BCUT2D eigenvalue weighted by Gasteiger charge is -2.20. The molecule has 2 aromatic rings. The van der Waals surface area contributed by atoms with Gasteiger partial charge in [-0.3, -0.25) is 29.3 Å². The van der Waals surface area contributed by atoms with Gasteiger partial charge in [0, 0.05) is 32.0 Å². The molecule has 1 aliphatic rings. The number of amides is 1. The standard InChI is InChI=1S/C19H21N5O5S/c1-3-4-9-22-18(27)16(17(26)20-19(22)30)14-10-15(23(21-14)11(2)25)12-5-7-13(8-6-12)24(28)29/h5-8,15,27H,3-4,9-10H2,1-2H3,(H,20,26,30). The number of benzene rings is 1. The lowest BCUT2D eigenvalue weighted by atomic mass is 9.99. The van der Waals surface area contributed by atoms with Crippen molar-refractivity contribution in [2.75, 3.05) is 0 Å². The quantitative estimate of drug-likeness (QED) is 0.410. The van der Waals surface area contributed by atoms with Gasteiger partial charge >= 0.3 is 0 Å². The summed E-state index contributed by atoms with van der Waals surface area (Å²) in [5.41, 5.74) is 0.184. The number of carbonyl (C=O) groups excluding carboxylic acids is 1. The molecule has 0 bridgehead atoms. The highest BCUT2D eigenvalue weighted by Gasteiger charge is 2.34. The Morgan fingerprint density at radius 2 is 2.07 bits per heavy atom. The molecular weight excluding hydrogens is 410 g/mol. The fourth-order valence-corrected chi connectivity index (χ4v) is 3.64. The first-order chi connectivity index (χ1) is 14.2. The second-order valence-corrected chi connectivity index (χ2v) is 7.33. The van der Waals surface area contributed by atoms with Crippen molar-refractivity contribution in [3.8, 4) is 5.88 Å². The smallest absolute Gasteiger partial charge is 0.269 e. The van der Waals surface area contributed by atoms with E-state index in [1.807, 2.05) is 6.92 Å². The molecule has 1 aromatic heterocycles. The number of non-ortho nitro benzene ring substituents is 1. The number of H-pyrrole nitrogens is 1. The van der Waals surface area contributed by atoms with E-state index in [-0.39, 0.29) is 39.9 Å². The number of hydrogen-bond donors (Lipinski definition) is 2. The molecule has 10 nitrogen and oxygen atoms in total. The monoisotopic (exact) mass is 431 g/mol. The van der Waals surface area contributed by atoms with E-state index in [0.717, 1.165) is 12.8 Å². The molecule has 158 valence electrons. The highest BCUT2D eigenvalue weighted by molar-refractivity contribution is 7.71. The van der Waals surface area contributed by atoms with E-state index in [4.69, 9.17) is 12.2 Å². The van der Waals surface area contributed by atoms with Gasteiger partial charge in [0.05, 0.1) is 16.7 Å². The minimum Gasteiger partial charge on any atom is -0.494 e. The predicted octanol–water partition coefficient (Wildman–Crippen LogP) is 3.02. The maximum atomic E-state index is 12.6. The summed E-state index contributed by atoms with van der Waals surface area (Å²) in [6.45, 7) is 3.76. The van der Waals surface area contributed by atoms with E-state index in [1.54, 1.807) is 12.1 Å². The zero-order chi connectivity index (χ0) is 22.0. The first-order valence-corrected chi connectivity index (χ1v) is 9.83. The Kier molecular flexibility index (Phi) is 6.11. The first kappa shape index (κ1) is 21.4. The first-order valence-electron chi connectivity index (χ1n) is 9.42. The number of aromatic nitrogens is 2. The van der Waals surface area contributed by atoms with Crippen LogP contribution < -0.4 is 5.56 Å². The summed E-state index contributed by atoms with van der Waals surface area (Å²) in [7, 11) is 0. The van der Waals surface area contributed by atoms with Crippen molar-refractivity contribution < 1.29 is 14.8 Å². The van der Waals surface area contributed by atoms with Crippen LogP contribution in [0.25, 0.3) is 0 Å². The lowest BCUT2D eigenvalue weighted by Crippen LogP contribution is -2.24. The van der Waals surface area contributed by atoms with E-state index in [2.05, 4.69) is 10.1 Å². The van der Waals surface area contributed by atoms with Gasteiger partial charge in [-0.05, 0) is 24.2 Å². The average molecular weight is 431 g/mol. The van der Waals surface area contributed by atoms with E-state index in [0.29, 0.717) is 12.1 Å². The number of carbonyl (C=O) groups is 1. The van der Waals surface area contributed by atoms with Crippen LogP contribution in [-0.4, -0.2) is 36.2 Å². The van der Waals surface area contributed by atoms with Crippen molar-refractivity contribution in [1.29, 1.82) is 0 Å². The van der Waals surface area contributed by atoms with Gasteiger partial charge in [-0.2, -0.15) is 5.10 Å². The second kappa shape index (κ2) is 8.57. The largest absolute Gasteiger partial charge is 0.494 e. The Balaban J connectivity index is 2.03. The van der Waals surface area contributed by atoms with Crippen molar-refractivity contribution in [1.82, 2.24) is 14.6 Å². The van der Waals surface area contributed by atoms with Gasteiger partial charge < -0.3 is 5.11 Å². The number of aromatic amines is 1. The number of nitro groups is 1. The topological polar surface area (TPSA) is 134 Å². The second-order valence-electron chi connectivity index (χ2n) is 6.94. The van der Waals surface area contributed by atoms with E-state index in [1.165, 1.54) is 28.6 Å². The van der Waals surface area contributed by atoms with Crippen LogP contribution in [0.15, 0.2) is 34.2 Å². The highest BCUT2D eigenvalue weighted by atomic mass is 32.1. The number of nitrogens with zero attached hydrogens (tertiary/aromatic N) is 4. The van der Waals surface area contributed by atoms with Crippen LogP contribution >= 0.6 is 12.2 Å². The Hall–Kier alpha value is -3.34. The molecule has 2 N–H and O–H groups in total. The van der Waals surface area contributed by atoms with Crippen LogP contribution in [0.3, 0.4) is 0 Å². The maximum Gasteiger partial charge on any atom is 0.269 e. The zero-order valence-electron chi connectivity index (χ0n) is 16.5. The molecule has 3 rings (SSSR count). The maximum absolute atomic E-state index is 12.6.